The molecular formula is C13H15NO. The first-order valence-electron chi connectivity index (χ1n) is 5.25. The standard InChI is InChI=1S/C13H15NO/c1-11-3-2-8-14(9-11)13-6-4-12(10-15)5-7-13/h3-7,10H,2,8-9H2,1H3. The van der Waals surface area contributed by atoms with Crippen LogP contribution in [0.15, 0.2) is 35.9 Å². The predicted octanol–water partition coefficient (Wildman–Crippen LogP) is 2.66. The van der Waals surface area contributed by atoms with Crippen LogP contribution in [0.3, 0.4) is 0 Å². The Labute approximate surface area is 90.2 Å². The van der Waals surface area contributed by atoms with E-state index in [1.807, 2.05) is 24.3 Å². The summed E-state index contributed by atoms with van der Waals surface area (Å²) < 4.78 is 0. The number of carbonyl (C=O) groups excluding carboxylic acids is 1. The van der Waals surface area contributed by atoms with E-state index in [2.05, 4.69) is 17.9 Å². The van der Waals surface area contributed by atoms with Crippen molar-refractivity contribution in [1.29, 1.82) is 0 Å². The summed E-state index contributed by atoms with van der Waals surface area (Å²) in [5.74, 6) is 0. The van der Waals surface area contributed by atoms with Crippen molar-refractivity contribution in [2.45, 2.75) is 13.3 Å². The quantitative estimate of drug-likeness (QED) is 0.541. The van der Waals surface area contributed by atoms with Crippen LogP contribution in [0.25, 0.3) is 0 Å². The van der Waals surface area contributed by atoms with Gasteiger partial charge in [-0.15, -0.1) is 0 Å². The Kier molecular flexibility index (Phi) is 2.86. The van der Waals surface area contributed by atoms with Gasteiger partial charge in [-0.2, -0.15) is 0 Å². The molecule has 0 aromatic heterocycles. The van der Waals surface area contributed by atoms with Crippen LogP contribution in [0.1, 0.15) is 23.7 Å². The predicted molar refractivity (Wildman–Crippen MR) is 62.4 cm³/mol. The van der Waals surface area contributed by atoms with Gasteiger partial charge >= 0.3 is 0 Å². The van der Waals surface area contributed by atoms with Gasteiger partial charge in [0.1, 0.15) is 6.29 Å². The van der Waals surface area contributed by atoms with Gasteiger partial charge in [0.05, 0.1) is 0 Å². The first kappa shape index (κ1) is 9.97. The molecule has 0 saturated carbocycles. The third-order valence-corrected chi connectivity index (χ3v) is 2.73. The lowest BCUT2D eigenvalue weighted by atomic mass is 10.1. The van der Waals surface area contributed by atoms with Crippen molar-refractivity contribution >= 4 is 12.0 Å². The second-order valence-electron chi connectivity index (χ2n) is 3.97. The van der Waals surface area contributed by atoms with Crippen LogP contribution >= 0.6 is 0 Å². The Bertz CT molecular complexity index is 378. The highest BCUT2D eigenvalue weighted by Crippen LogP contribution is 2.19. The van der Waals surface area contributed by atoms with E-state index in [1.54, 1.807) is 0 Å². The third kappa shape index (κ3) is 2.27. The van der Waals surface area contributed by atoms with Crippen LogP contribution < -0.4 is 4.90 Å². The molecule has 0 aliphatic carbocycles. The van der Waals surface area contributed by atoms with Crippen molar-refractivity contribution in [1.82, 2.24) is 0 Å². The molecule has 1 heterocycles. The molecule has 0 atom stereocenters. The highest BCUT2D eigenvalue weighted by Gasteiger charge is 2.09. The largest absolute Gasteiger partial charge is 0.367 e. The minimum Gasteiger partial charge on any atom is -0.367 e. The minimum atomic E-state index is 0.739. The first-order valence-corrected chi connectivity index (χ1v) is 5.25. The van der Waals surface area contributed by atoms with Gasteiger partial charge in [0.15, 0.2) is 0 Å². The van der Waals surface area contributed by atoms with Crippen LogP contribution in [0.4, 0.5) is 5.69 Å². The van der Waals surface area contributed by atoms with E-state index in [4.69, 9.17) is 0 Å². The Morgan fingerprint density at radius 3 is 2.60 bits per heavy atom. The number of rotatable bonds is 2. The van der Waals surface area contributed by atoms with Gasteiger partial charge in [-0.25, -0.2) is 0 Å². The van der Waals surface area contributed by atoms with Crippen molar-refractivity contribution in [2.24, 2.45) is 0 Å². The summed E-state index contributed by atoms with van der Waals surface area (Å²) in [7, 11) is 0. The molecule has 0 amide bonds. The monoisotopic (exact) mass is 201 g/mol. The number of nitrogens with zero attached hydrogens (tertiary/aromatic N) is 1. The van der Waals surface area contributed by atoms with Gasteiger partial charge in [0, 0.05) is 24.3 Å². The lowest BCUT2D eigenvalue weighted by Gasteiger charge is -2.28. The topological polar surface area (TPSA) is 20.3 Å². The number of anilines is 1. The molecule has 0 spiro atoms. The van der Waals surface area contributed by atoms with E-state index in [0.29, 0.717) is 0 Å². The van der Waals surface area contributed by atoms with E-state index in [-0.39, 0.29) is 0 Å². The highest BCUT2D eigenvalue weighted by atomic mass is 16.1. The normalized spacial score (nSPS) is 16.1. The van der Waals surface area contributed by atoms with Crippen molar-refractivity contribution in [2.75, 3.05) is 18.0 Å². The van der Waals surface area contributed by atoms with E-state index < -0.39 is 0 Å². The van der Waals surface area contributed by atoms with Gasteiger partial charge in [-0.1, -0.05) is 11.6 Å². The van der Waals surface area contributed by atoms with Gasteiger partial charge in [-0.05, 0) is 37.6 Å². The fourth-order valence-corrected chi connectivity index (χ4v) is 1.90. The maximum Gasteiger partial charge on any atom is 0.150 e. The number of benzene rings is 1. The molecule has 1 aliphatic rings. The molecule has 1 aliphatic heterocycles. The molecule has 0 saturated heterocycles. The summed E-state index contributed by atoms with van der Waals surface area (Å²) >= 11 is 0. The zero-order valence-electron chi connectivity index (χ0n) is 8.94. The Morgan fingerprint density at radius 2 is 2.00 bits per heavy atom. The molecule has 0 N–H and O–H groups in total. The van der Waals surface area contributed by atoms with E-state index in [0.717, 1.165) is 31.4 Å². The average molecular weight is 201 g/mol. The summed E-state index contributed by atoms with van der Waals surface area (Å²) in [6.45, 7) is 4.23. The highest BCUT2D eigenvalue weighted by molar-refractivity contribution is 5.75. The maximum absolute atomic E-state index is 10.5. The molecular weight excluding hydrogens is 186 g/mol. The number of aldehydes is 1. The van der Waals surface area contributed by atoms with E-state index in [9.17, 15) is 4.79 Å². The van der Waals surface area contributed by atoms with E-state index >= 15 is 0 Å². The van der Waals surface area contributed by atoms with Gasteiger partial charge < -0.3 is 4.90 Å². The summed E-state index contributed by atoms with van der Waals surface area (Å²) in [4.78, 5) is 12.9. The molecule has 1 aromatic rings. The average Bonchev–Trinajstić information content (AvgIpc) is 2.29. The van der Waals surface area contributed by atoms with Crippen molar-refractivity contribution in [3.05, 3.63) is 41.5 Å². The molecule has 1 aromatic carbocycles. The van der Waals surface area contributed by atoms with Crippen LogP contribution in [-0.4, -0.2) is 19.4 Å². The van der Waals surface area contributed by atoms with Crippen molar-refractivity contribution in [3.63, 3.8) is 0 Å². The summed E-state index contributed by atoms with van der Waals surface area (Å²) in [6.07, 6.45) is 4.28. The maximum atomic E-state index is 10.5. The first-order chi connectivity index (χ1) is 7.29. The fraction of sp³-hybridized carbons (Fsp3) is 0.308. The lowest BCUT2D eigenvalue weighted by Crippen LogP contribution is -2.28. The van der Waals surface area contributed by atoms with Crippen LogP contribution in [0.2, 0.25) is 0 Å². The fourth-order valence-electron chi connectivity index (χ4n) is 1.90. The smallest absolute Gasteiger partial charge is 0.150 e. The zero-order valence-corrected chi connectivity index (χ0v) is 8.94. The molecule has 15 heavy (non-hydrogen) atoms. The molecule has 2 heteroatoms. The molecule has 0 bridgehead atoms. The second kappa shape index (κ2) is 4.30. The number of carbonyl (C=O) groups is 1. The third-order valence-electron chi connectivity index (χ3n) is 2.73. The zero-order chi connectivity index (χ0) is 10.7. The summed E-state index contributed by atoms with van der Waals surface area (Å²) in [5.41, 5.74) is 3.36. The molecule has 78 valence electrons. The number of hydrogen-bond acceptors (Lipinski definition) is 2. The van der Waals surface area contributed by atoms with Crippen molar-refractivity contribution < 1.29 is 4.79 Å². The Balaban J connectivity index is 2.15. The molecule has 2 rings (SSSR count). The Morgan fingerprint density at radius 1 is 1.27 bits per heavy atom. The Hall–Kier alpha value is -1.57. The minimum absolute atomic E-state index is 0.739. The molecule has 2 nitrogen and oxygen atoms in total. The number of hydrogen-bond donors (Lipinski definition) is 0. The summed E-state index contributed by atoms with van der Waals surface area (Å²) in [5, 5.41) is 0. The molecule has 0 fully saturated rings. The van der Waals surface area contributed by atoms with Crippen LogP contribution in [0.5, 0.6) is 0 Å². The van der Waals surface area contributed by atoms with Gasteiger partial charge in [0.25, 0.3) is 0 Å². The lowest BCUT2D eigenvalue weighted by molar-refractivity contribution is 0.112. The van der Waals surface area contributed by atoms with Crippen molar-refractivity contribution in [3.8, 4) is 0 Å². The van der Waals surface area contributed by atoms with Crippen LogP contribution in [0, 0.1) is 0 Å². The van der Waals surface area contributed by atoms with Gasteiger partial charge in [-0.3, -0.25) is 4.79 Å². The van der Waals surface area contributed by atoms with Crippen LogP contribution in [-0.2, 0) is 0 Å². The van der Waals surface area contributed by atoms with Gasteiger partial charge in [0.2, 0.25) is 0 Å². The van der Waals surface area contributed by atoms with E-state index in [1.165, 1.54) is 11.3 Å². The molecule has 0 radical (unpaired) electrons. The SMILES string of the molecule is CC1=CCCN(c2ccc(C=O)cc2)C1. The summed E-state index contributed by atoms with van der Waals surface area (Å²) in [6, 6.07) is 7.77. The second-order valence-corrected chi connectivity index (χ2v) is 3.97. The molecule has 0 unspecified atom stereocenters.